The minimum Gasteiger partial charge on any atom is -0.431 e. The van der Waals surface area contributed by atoms with Crippen molar-refractivity contribution in [3.8, 4) is 0 Å². The fraction of sp³-hybridized carbons (Fsp3) is 0.400. The first-order valence-corrected chi connectivity index (χ1v) is 12.9. The van der Waals surface area contributed by atoms with Gasteiger partial charge < -0.3 is 14.2 Å². The molecule has 6 heteroatoms. The molecule has 0 unspecified atom stereocenters. The second-order valence-electron chi connectivity index (χ2n) is 13.0. The normalized spacial score (nSPS) is 14.8. The Morgan fingerprint density at radius 2 is 0.556 bits per heavy atom. The van der Waals surface area contributed by atoms with Gasteiger partial charge in [-0.2, -0.15) is 0 Å². The Labute approximate surface area is 221 Å². The first kappa shape index (κ1) is 26.3. The van der Waals surface area contributed by atoms with E-state index in [9.17, 15) is 0 Å². The third-order valence-corrected chi connectivity index (χ3v) is 6.84. The maximum atomic E-state index is 2.25. The molecule has 0 aromatic heterocycles. The first-order valence-electron chi connectivity index (χ1n) is 12.9. The van der Waals surface area contributed by atoms with Crippen molar-refractivity contribution in [2.45, 2.75) is 78.6 Å². The molecule has 0 saturated carbocycles. The molecule has 0 spiro atoms. The average molecular weight is 474 g/mol. The van der Waals surface area contributed by atoms with Gasteiger partial charge in [0, 0.05) is 17.1 Å². The summed E-state index contributed by atoms with van der Waals surface area (Å²) in [4.78, 5) is 0. The van der Waals surface area contributed by atoms with E-state index in [4.69, 9.17) is 0 Å². The number of nitrogens with zero attached hydrogens (tertiary/aromatic N) is 3. The van der Waals surface area contributed by atoms with E-state index in [1.54, 1.807) is 0 Å². The Bertz CT molecular complexity index is 996. The number of hydrogen-bond donors (Lipinski definition) is 0. The molecular formula is C30H39B3N3. The van der Waals surface area contributed by atoms with Crippen LogP contribution in [0.25, 0.3) is 0 Å². The van der Waals surface area contributed by atoms with Crippen LogP contribution in [0.5, 0.6) is 0 Å². The zero-order valence-corrected chi connectivity index (χ0v) is 23.5. The highest BCUT2D eigenvalue weighted by Gasteiger charge is 2.31. The van der Waals surface area contributed by atoms with Gasteiger partial charge in [-0.15, -0.1) is 0 Å². The number of hydrogen-bond acceptors (Lipinski definition) is 3. The summed E-state index contributed by atoms with van der Waals surface area (Å²) in [6, 6.07) is 26.7. The van der Waals surface area contributed by atoms with E-state index in [0.717, 1.165) is 17.1 Å². The van der Waals surface area contributed by atoms with Gasteiger partial charge in [0.2, 0.25) is 0 Å². The Morgan fingerprint density at radius 1 is 0.361 bits per heavy atom. The van der Waals surface area contributed by atoms with Crippen molar-refractivity contribution in [1.82, 2.24) is 0 Å². The van der Waals surface area contributed by atoms with Crippen LogP contribution >= 0.6 is 0 Å². The molecule has 3 aromatic carbocycles. The van der Waals surface area contributed by atoms with Gasteiger partial charge in [-0.05, 0) is 69.3 Å². The van der Waals surface area contributed by atoms with Gasteiger partial charge in [0.25, 0.3) is 0 Å². The lowest BCUT2D eigenvalue weighted by atomic mass is 9.72. The molecule has 1 fully saturated rings. The largest absolute Gasteiger partial charge is 0.431 e. The lowest BCUT2D eigenvalue weighted by molar-refractivity contribution is 0.590. The van der Waals surface area contributed by atoms with E-state index < -0.39 is 0 Å². The SMILES string of the molecule is CC(C)(C)c1ccc(N2[B]N(c3ccc(C(C)(C)C)cc3)[B]N(c3ccc(C(C)(C)C)cc3)[B]2)cc1. The topological polar surface area (TPSA) is 9.72 Å². The summed E-state index contributed by atoms with van der Waals surface area (Å²) in [5.41, 5.74) is 7.77. The molecule has 4 rings (SSSR count). The molecule has 3 aromatic rings. The number of anilines is 3. The predicted octanol–water partition coefficient (Wildman–Crippen LogP) is 7.01. The van der Waals surface area contributed by atoms with E-state index in [-0.39, 0.29) is 16.2 Å². The summed E-state index contributed by atoms with van der Waals surface area (Å²) >= 11 is 0. The quantitative estimate of drug-likeness (QED) is 0.378. The zero-order chi connectivity index (χ0) is 26.3. The van der Waals surface area contributed by atoms with Crippen LogP contribution in [0.3, 0.4) is 0 Å². The van der Waals surface area contributed by atoms with Crippen molar-refractivity contribution in [2.75, 3.05) is 14.2 Å². The summed E-state index contributed by atoms with van der Waals surface area (Å²) < 4.78 is 6.59. The van der Waals surface area contributed by atoms with E-state index >= 15 is 0 Å². The van der Waals surface area contributed by atoms with Crippen molar-refractivity contribution in [3.63, 3.8) is 0 Å². The van der Waals surface area contributed by atoms with E-state index in [2.05, 4.69) is 172 Å². The molecule has 1 aliphatic heterocycles. The molecule has 0 amide bonds. The molecule has 1 aliphatic rings. The maximum Gasteiger partial charge on any atom is 0.365 e. The van der Waals surface area contributed by atoms with Crippen LogP contribution in [0, 0.1) is 0 Å². The Kier molecular flexibility index (Phi) is 7.03. The van der Waals surface area contributed by atoms with E-state index in [1.807, 2.05) is 0 Å². The van der Waals surface area contributed by atoms with E-state index in [1.165, 1.54) is 16.7 Å². The van der Waals surface area contributed by atoms with Crippen LogP contribution < -0.4 is 14.2 Å². The molecule has 183 valence electrons. The molecule has 0 aliphatic carbocycles. The highest BCUT2D eigenvalue weighted by atomic mass is 15.3. The Balaban J connectivity index is 1.65. The van der Waals surface area contributed by atoms with Crippen LogP contribution in [0.2, 0.25) is 0 Å². The molecule has 1 heterocycles. The maximum absolute atomic E-state index is 2.25. The smallest absolute Gasteiger partial charge is 0.365 e. The average Bonchev–Trinajstić information content (AvgIpc) is 2.82. The third kappa shape index (κ3) is 5.96. The predicted molar refractivity (Wildman–Crippen MR) is 160 cm³/mol. The zero-order valence-electron chi connectivity index (χ0n) is 23.5. The van der Waals surface area contributed by atoms with Gasteiger partial charge in [-0.25, -0.2) is 0 Å². The van der Waals surface area contributed by atoms with Gasteiger partial charge >= 0.3 is 22.6 Å². The van der Waals surface area contributed by atoms with Gasteiger partial charge in [0.05, 0.1) is 0 Å². The molecular weight excluding hydrogens is 435 g/mol. The number of rotatable bonds is 3. The monoisotopic (exact) mass is 474 g/mol. The van der Waals surface area contributed by atoms with Crippen LogP contribution in [0.15, 0.2) is 72.8 Å². The van der Waals surface area contributed by atoms with E-state index in [0.29, 0.717) is 0 Å². The fourth-order valence-electron chi connectivity index (χ4n) is 4.29. The summed E-state index contributed by atoms with van der Waals surface area (Å²) in [6.45, 7) is 20.3. The van der Waals surface area contributed by atoms with Crippen molar-refractivity contribution < 1.29 is 0 Å². The fourth-order valence-corrected chi connectivity index (χ4v) is 4.29. The van der Waals surface area contributed by atoms with Gasteiger partial charge in [-0.1, -0.05) is 98.7 Å². The standard InChI is InChI=1S/C30H39B3N3/c1-28(2,3)22-10-16-25(17-11-22)34-31-35(26-18-12-23(13-19-26)29(4,5)6)33-36(32-34)27-20-14-24(15-21-27)30(7,8)9/h10-21H,1-9H3. The van der Waals surface area contributed by atoms with Crippen molar-refractivity contribution in [1.29, 1.82) is 0 Å². The first-order chi connectivity index (χ1) is 16.7. The van der Waals surface area contributed by atoms with Gasteiger partial charge in [-0.3, -0.25) is 0 Å². The lowest BCUT2D eigenvalue weighted by Gasteiger charge is -2.43. The highest BCUT2D eigenvalue weighted by Crippen LogP contribution is 2.30. The van der Waals surface area contributed by atoms with Crippen LogP contribution in [0.4, 0.5) is 17.1 Å². The van der Waals surface area contributed by atoms with Crippen molar-refractivity contribution in [3.05, 3.63) is 89.5 Å². The minimum atomic E-state index is 0.128. The molecule has 36 heavy (non-hydrogen) atoms. The summed E-state index contributed by atoms with van der Waals surface area (Å²) in [6.07, 6.45) is 0. The lowest BCUT2D eigenvalue weighted by Crippen LogP contribution is -2.62. The summed E-state index contributed by atoms with van der Waals surface area (Å²) in [5.74, 6) is 0. The molecule has 0 atom stereocenters. The van der Waals surface area contributed by atoms with Crippen LogP contribution in [-0.4, -0.2) is 22.6 Å². The van der Waals surface area contributed by atoms with Gasteiger partial charge in [0.15, 0.2) is 0 Å². The van der Waals surface area contributed by atoms with Crippen molar-refractivity contribution >= 4 is 39.7 Å². The molecule has 3 radical (unpaired) electrons. The molecule has 0 bridgehead atoms. The van der Waals surface area contributed by atoms with Crippen LogP contribution in [-0.2, 0) is 16.2 Å². The summed E-state index contributed by atoms with van der Waals surface area (Å²) in [7, 11) is 6.45. The highest BCUT2D eigenvalue weighted by molar-refractivity contribution is 6.86. The third-order valence-electron chi connectivity index (χ3n) is 6.84. The Hall–Kier alpha value is -2.75. The Morgan fingerprint density at radius 3 is 0.722 bits per heavy atom. The molecule has 3 nitrogen and oxygen atoms in total. The second-order valence-corrected chi connectivity index (χ2v) is 13.0. The minimum absolute atomic E-state index is 0.128. The second kappa shape index (κ2) is 9.61. The molecule has 0 N–H and O–H groups in total. The summed E-state index contributed by atoms with van der Waals surface area (Å²) in [5, 5.41) is 0. The van der Waals surface area contributed by atoms with Crippen molar-refractivity contribution in [2.24, 2.45) is 0 Å². The molecule has 1 saturated heterocycles. The van der Waals surface area contributed by atoms with Crippen LogP contribution in [0.1, 0.15) is 79.0 Å². The number of benzene rings is 3. The van der Waals surface area contributed by atoms with Gasteiger partial charge in [0.1, 0.15) is 0 Å².